The minimum atomic E-state index is -0.774. The van der Waals surface area contributed by atoms with Gasteiger partial charge in [-0.2, -0.15) is 0 Å². The highest BCUT2D eigenvalue weighted by atomic mass is 16.4. The van der Waals surface area contributed by atoms with Gasteiger partial charge in [0.1, 0.15) is 0 Å². The van der Waals surface area contributed by atoms with E-state index in [4.69, 9.17) is 26.5 Å². The molecule has 0 atom stereocenters. The highest BCUT2D eigenvalue weighted by molar-refractivity contribution is 5.98. The van der Waals surface area contributed by atoms with Crippen molar-refractivity contribution in [2.24, 2.45) is 0 Å². The molecule has 14 aromatic rings. The number of hydrogen-bond acceptors (Lipinski definition) is 6. The first kappa shape index (κ1) is 38.3. The third-order valence-corrected chi connectivity index (χ3v) is 14.6. The van der Waals surface area contributed by atoms with Gasteiger partial charge in [-0.15, -0.1) is 0 Å². The van der Waals surface area contributed by atoms with Crippen molar-refractivity contribution in [3.63, 3.8) is 0 Å². The number of para-hydroxylation sites is 8. The van der Waals surface area contributed by atoms with E-state index in [9.17, 15) is 0 Å². The number of nitrogens with zero attached hydrogens (tertiary/aromatic N) is 2. The second kappa shape index (κ2) is 14.2. The lowest BCUT2D eigenvalue weighted by atomic mass is 9.66. The first-order chi connectivity index (χ1) is 35.1. The summed E-state index contributed by atoms with van der Waals surface area (Å²) in [7, 11) is 0. The fourth-order valence-corrected chi connectivity index (χ4v) is 11.6. The zero-order valence-corrected chi connectivity index (χ0v) is 37.6. The Hall–Kier alpha value is -9.66. The zero-order valence-electron chi connectivity index (χ0n) is 37.6. The zero-order chi connectivity index (χ0) is 46.4. The van der Waals surface area contributed by atoms with E-state index in [1.165, 1.54) is 22.3 Å². The van der Waals surface area contributed by atoms with Gasteiger partial charge < -0.3 is 35.6 Å². The summed E-state index contributed by atoms with van der Waals surface area (Å²) in [5.74, 6) is 0. The lowest BCUT2D eigenvalue weighted by Crippen LogP contribution is -2.30. The molecule has 8 heteroatoms. The smallest absolute Gasteiger partial charge is 0.174 e. The van der Waals surface area contributed by atoms with Crippen LogP contribution in [0.4, 0.5) is 0 Å². The van der Waals surface area contributed by atoms with Crippen LogP contribution in [0.2, 0.25) is 0 Å². The van der Waals surface area contributed by atoms with E-state index in [1.54, 1.807) is 0 Å². The van der Waals surface area contributed by atoms with Crippen molar-refractivity contribution in [2.45, 2.75) is 5.41 Å². The van der Waals surface area contributed by atoms with Gasteiger partial charge in [0, 0.05) is 35.6 Å². The van der Waals surface area contributed by atoms with Gasteiger partial charge in [-0.3, -0.25) is 0 Å². The van der Waals surface area contributed by atoms with E-state index in [-0.39, 0.29) is 0 Å². The molecule has 0 saturated carbocycles. The largest absolute Gasteiger partial charge is 0.453 e. The lowest BCUT2D eigenvalue weighted by Gasteiger charge is -2.36. The van der Waals surface area contributed by atoms with E-state index in [0.717, 1.165) is 66.9 Å². The SMILES string of the molecule is C1=Cc2ccc(-n3c4ccccc4oc4cc5oc6ccccc6oc5cc43)cc2C2(c3cc(-n4c5ccccc5oc5cc6oc7ccccc7oc6cc54)ccc31)c1ccccc1-c1ccccc12. The van der Waals surface area contributed by atoms with Gasteiger partial charge in [0.15, 0.2) is 67.0 Å². The van der Waals surface area contributed by atoms with Crippen LogP contribution >= 0.6 is 0 Å². The van der Waals surface area contributed by atoms with Crippen LogP contribution in [0.3, 0.4) is 0 Å². The first-order valence-electron chi connectivity index (χ1n) is 23.7. The Balaban J connectivity index is 1.00. The predicted molar refractivity (Wildman–Crippen MR) is 280 cm³/mol. The molecule has 0 aliphatic heterocycles. The Bertz CT molecular complexity index is 4440. The summed E-state index contributed by atoms with van der Waals surface area (Å²) in [4.78, 5) is 0. The monoisotopic (exact) mass is 916 g/mol. The van der Waals surface area contributed by atoms with E-state index in [0.29, 0.717) is 55.8 Å². The lowest BCUT2D eigenvalue weighted by molar-refractivity contribution is 0.579. The van der Waals surface area contributed by atoms with Crippen molar-refractivity contribution >= 4 is 101 Å². The van der Waals surface area contributed by atoms with Crippen molar-refractivity contribution in [1.29, 1.82) is 0 Å². The van der Waals surface area contributed by atoms with Crippen molar-refractivity contribution in [3.05, 3.63) is 240 Å². The van der Waals surface area contributed by atoms with Gasteiger partial charge in [-0.25, -0.2) is 0 Å². The van der Waals surface area contributed by atoms with Crippen LogP contribution in [0.15, 0.2) is 233 Å². The van der Waals surface area contributed by atoms with Crippen LogP contribution < -0.4 is 0 Å². The molecule has 0 amide bonds. The number of hydrogen-bond donors (Lipinski definition) is 0. The van der Waals surface area contributed by atoms with E-state index < -0.39 is 5.41 Å². The molecule has 16 rings (SSSR count). The summed E-state index contributed by atoms with van der Waals surface area (Å²) in [6, 6.07) is 71.3. The molecule has 71 heavy (non-hydrogen) atoms. The molecular weight excluding hydrogens is 881 g/mol. The van der Waals surface area contributed by atoms with Gasteiger partial charge in [-0.05, 0) is 117 Å². The summed E-state index contributed by atoms with van der Waals surface area (Å²) in [6.45, 7) is 0. The van der Waals surface area contributed by atoms with Gasteiger partial charge in [0.25, 0.3) is 0 Å². The molecule has 10 aromatic carbocycles. The summed E-state index contributed by atoms with van der Waals surface area (Å²) in [5.41, 5.74) is 21.9. The summed E-state index contributed by atoms with van der Waals surface area (Å²) in [6.07, 6.45) is 4.55. The summed E-state index contributed by atoms with van der Waals surface area (Å²) < 4.78 is 43.8. The maximum atomic E-state index is 6.70. The highest BCUT2D eigenvalue weighted by Crippen LogP contribution is 2.59. The topological polar surface area (TPSA) is 88.7 Å². The molecule has 334 valence electrons. The van der Waals surface area contributed by atoms with Gasteiger partial charge in [0.2, 0.25) is 0 Å². The molecule has 0 saturated heterocycles. The molecule has 0 unspecified atom stereocenters. The molecule has 1 spiro atoms. The molecule has 4 heterocycles. The molecule has 2 aliphatic carbocycles. The molecular formula is C63H36N2O6. The second-order valence-corrected chi connectivity index (χ2v) is 18.4. The number of rotatable bonds is 2. The Morgan fingerprint density at radius 3 is 1.04 bits per heavy atom. The minimum absolute atomic E-state index is 0.593. The second-order valence-electron chi connectivity index (χ2n) is 18.4. The Kier molecular flexibility index (Phi) is 7.66. The maximum absolute atomic E-state index is 6.70. The number of benzene rings is 10. The predicted octanol–water partition coefficient (Wildman–Crippen LogP) is 17.1. The van der Waals surface area contributed by atoms with Crippen LogP contribution in [0.5, 0.6) is 0 Å². The summed E-state index contributed by atoms with van der Waals surface area (Å²) in [5, 5.41) is 0. The van der Waals surface area contributed by atoms with Crippen molar-refractivity contribution in [2.75, 3.05) is 0 Å². The maximum Gasteiger partial charge on any atom is 0.174 e. The van der Waals surface area contributed by atoms with Crippen molar-refractivity contribution < 1.29 is 26.5 Å². The third-order valence-electron chi connectivity index (χ3n) is 14.6. The van der Waals surface area contributed by atoms with Gasteiger partial charge in [0.05, 0.1) is 27.5 Å². The van der Waals surface area contributed by atoms with Gasteiger partial charge in [-0.1, -0.05) is 121 Å². The minimum Gasteiger partial charge on any atom is -0.453 e. The normalized spacial score (nSPS) is 13.4. The molecule has 8 nitrogen and oxygen atoms in total. The van der Waals surface area contributed by atoms with Crippen LogP contribution in [0.1, 0.15) is 33.4 Å². The third kappa shape index (κ3) is 5.38. The van der Waals surface area contributed by atoms with Crippen molar-refractivity contribution in [3.8, 4) is 22.5 Å². The molecule has 0 radical (unpaired) electrons. The fraction of sp³-hybridized carbons (Fsp3) is 0.0159. The molecule has 2 aliphatic rings. The average Bonchev–Trinajstić information content (AvgIpc) is 3.63. The summed E-state index contributed by atoms with van der Waals surface area (Å²) >= 11 is 0. The number of aromatic nitrogens is 2. The van der Waals surface area contributed by atoms with Crippen LogP contribution in [0, 0.1) is 0 Å². The Labute approximate surface area is 402 Å². The quantitative estimate of drug-likeness (QED) is 0.161. The Morgan fingerprint density at radius 2 is 0.606 bits per heavy atom. The number of fused-ring (bicyclic) bond motifs is 17. The average molecular weight is 917 g/mol. The van der Waals surface area contributed by atoms with E-state index >= 15 is 0 Å². The van der Waals surface area contributed by atoms with Crippen LogP contribution in [0.25, 0.3) is 124 Å². The highest BCUT2D eigenvalue weighted by Gasteiger charge is 2.48. The molecule has 4 aromatic heterocycles. The molecule has 0 bridgehead atoms. The van der Waals surface area contributed by atoms with E-state index in [1.807, 2.05) is 97.1 Å². The van der Waals surface area contributed by atoms with Gasteiger partial charge >= 0.3 is 0 Å². The molecule has 0 fully saturated rings. The van der Waals surface area contributed by atoms with Crippen molar-refractivity contribution in [1.82, 2.24) is 9.13 Å². The first-order valence-corrected chi connectivity index (χ1v) is 23.7. The van der Waals surface area contributed by atoms with Crippen LogP contribution in [-0.2, 0) is 5.41 Å². The fourth-order valence-electron chi connectivity index (χ4n) is 11.6. The van der Waals surface area contributed by atoms with E-state index in [2.05, 4.69) is 130 Å². The standard InChI is InChI=1S/C63H36N2O6/c1-3-15-43-41(13-1)42-14-2-4-16-44(42)63(43)45-31-39(64-47-17-5-7-19-51(47)66-57-35-61-59(33-49(57)64)68-53-21-9-11-23-55(53)70-61)29-27-37(45)25-26-38-28-30-40(32-46(38)63)65-48-18-6-8-20-52(48)67-58-36-62-60(34-50(58)65)69-54-22-10-12-24-56(54)71-62/h1-36H. The molecule has 0 N–H and O–H groups in total. The van der Waals surface area contributed by atoms with Crippen LogP contribution in [-0.4, -0.2) is 9.13 Å². The Morgan fingerprint density at radius 1 is 0.254 bits per heavy atom.